The van der Waals surface area contributed by atoms with Crippen LogP contribution in [0.1, 0.15) is 17.3 Å². The minimum Gasteiger partial charge on any atom is -0.437 e. The van der Waals surface area contributed by atoms with E-state index in [0.717, 1.165) is 10.9 Å². The molecule has 2 aromatic heterocycles. The lowest BCUT2D eigenvalue weighted by Gasteiger charge is -2.07. The van der Waals surface area contributed by atoms with Crippen LogP contribution in [0.5, 0.6) is 11.6 Å². The van der Waals surface area contributed by atoms with E-state index in [1.54, 1.807) is 18.3 Å². The summed E-state index contributed by atoms with van der Waals surface area (Å²) in [5.74, 6) is 1.07. The maximum absolute atomic E-state index is 11.2. The summed E-state index contributed by atoms with van der Waals surface area (Å²) in [6.45, 7) is 1.51. The number of ketones is 1. The first-order chi connectivity index (χ1) is 9.74. The molecule has 0 fully saturated rings. The molecule has 4 heteroatoms. The fraction of sp³-hybridized carbons (Fsp3) is 0.0625. The van der Waals surface area contributed by atoms with Crippen molar-refractivity contribution in [2.45, 2.75) is 6.92 Å². The van der Waals surface area contributed by atoms with Crippen LogP contribution >= 0.6 is 0 Å². The van der Waals surface area contributed by atoms with Crippen LogP contribution in [0, 0.1) is 0 Å². The molecule has 0 bridgehead atoms. The van der Waals surface area contributed by atoms with E-state index < -0.39 is 0 Å². The number of carbonyl (C=O) groups excluding carboxylic acids is 1. The number of Topliss-reactive ketones (excluding diaryl/α,β-unsaturated/α-hetero) is 1. The Bertz CT molecular complexity index is 762. The van der Waals surface area contributed by atoms with Crippen LogP contribution in [0.2, 0.25) is 0 Å². The summed E-state index contributed by atoms with van der Waals surface area (Å²) >= 11 is 0. The molecule has 0 unspecified atom stereocenters. The molecule has 0 radical (unpaired) electrons. The minimum absolute atomic E-state index is 0.0177. The molecule has 0 atom stereocenters. The standard InChI is InChI=1S/C16H12N2O2/c1-11(19)13-7-8-15(18-10-13)20-14-6-2-4-12-5-3-9-17-16(12)14/h2-10H,1H3. The molecule has 98 valence electrons. The monoisotopic (exact) mass is 264 g/mol. The van der Waals surface area contributed by atoms with E-state index in [4.69, 9.17) is 4.74 Å². The molecule has 20 heavy (non-hydrogen) atoms. The zero-order chi connectivity index (χ0) is 13.9. The van der Waals surface area contributed by atoms with Gasteiger partial charge in [-0.25, -0.2) is 4.98 Å². The van der Waals surface area contributed by atoms with Gasteiger partial charge in [0, 0.05) is 29.4 Å². The van der Waals surface area contributed by atoms with Gasteiger partial charge in [-0.3, -0.25) is 9.78 Å². The Balaban J connectivity index is 1.95. The number of hydrogen-bond acceptors (Lipinski definition) is 4. The first-order valence-corrected chi connectivity index (χ1v) is 6.22. The maximum Gasteiger partial charge on any atom is 0.219 e. The highest BCUT2D eigenvalue weighted by atomic mass is 16.5. The van der Waals surface area contributed by atoms with Crippen LogP contribution < -0.4 is 4.74 Å². The maximum atomic E-state index is 11.2. The Morgan fingerprint density at radius 1 is 1.05 bits per heavy atom. The number of rotatable bonds is 3. The van der Waals surface area contributed by atoms with Crippen molar-refractivity contribution in [1.82, 2.24) is 9.97 Å². The number of benzene rings is 1. The van der Waals surface area contributed by atoms with Crippen LogP contribution in [0.25, 0.3) is 10.9 Å². The van der Waals surface area contributed by atoms with Gasteiger partial charge in [0.05, 0.1) is 0 Å². The molecule has 0 spiro atoms. The number of aromatic nitrogens is 2. The number of hydrogen-bond donors (Lipinski definition) is 0. The second kappa shape index (κ2) is 5.09. The van der Waals surface area contributed by atoms with E-state index >= 15 is 0 Å². The summed E-state index contributed by atoms with van der Waals surface area (Å²) in [4.78, 5) is 19.6. The zero-order valence-corrected chi connectivity index (χ0v) is 10.9. The summed E-state index contributed by atoms with van der Waals surface area (Å²) in [7, 11) is 0. The van der Waals surface area contributed by atoms with Crippen LogP contribution in [0.15, 0.2) is 54.9 Å². The highest BCUT2D eigenvalue weighted by molar-refractivity contribution is 5.93. The summed E-state index contributed by atoms with van der Waals surface area (Å²) in [6.07, 6.45) is 3.23. The van der Waals surface area contributed by atoms with Gasteiger partial charge < -0.3 is 4.74 Å². The van der Waals surface area contributed by atoms with Crippen LogP contribution in [-0.4, -0.2) is 15.8 Å². The number of carbonyl (C=O) groups is 1. The van der Waals surface area contributed by atoms with Crippen LogP contribution in [0.4, 0.5) is 0 Å². The van der Waals surface area contributed by atoms with Crippen LogP contribution in [-0.2, 0) is 0 Å². The molecule has 2 heterocycles. The molecule has 0 aliphatic rings. The van der Waals surface area contributed by atoms with Crippen molar-refractivity contribution in [2.75, 3.05) is 0 Å². The fourth-order valence-electron chi connectivity index (χ4n) is 1.92. The molecule has 3 aromatic rings. The van der Waals surface area contributed by atoms with Crippen molar-refractivity contribution >= 4 is 16.7 Å². The number of nitrogens with zero attached hydrogens (tertiary/aromatic N) is 2. The fourth-order valence-corrected chi connectivity index (χ4v) is 1.92. The number of pyridine rings is 2. The van der Waals surface area contributed by atoms with Crippen molar-refractivity contribution in [2.24, 2.45) is 0 Å². The predicted molar refractivity (Wildman–Crippen MR) is 76.1 cm³/mol. The molecular formula is C16H12N2O2. The highest BCUT2D eigenvalue weighted by Gasteiger charge is 2.06. The van der Waals surface area contributed by atoms with Gasteiger partial charge in [0.2, 0.25) is 5.88 Å². The van der Waals surface area contributed by atoms with Gasteiger partial charge in [0.15, 0.2) is 11.5 Å². The largest absolute Gasteiger partial charge is 0.437 e. The van der Waals surface area contributed by atoms with Gasteiger partial charge in [-0.15, -0.1) is 0 Å². The van der Waals surface area contributed by atoms with Gasteiger partial charge in [-0.05, 0) is 25.1 Å². The smallest absolute Gasteiger partial charge is 0.219 e. The van der Waals surface area contributed by atoms with Gasteiger partial charge in [-0.2, -0.15) is 0 Å². The quantitative estimate of drug-likeness (QED) is 0.678. The Hall–Kier alpha value is -2.75. The highest BCUT2D eigenvalue weighted by Crippen LogP contribution is 2.27. The third kappa shape index (κ3) is 2.36. The summed E-state index contributed by atoms with van der Waals surface area (Å²) in [6, 6.07) is 13.0. The molecule has 1 aromatic carbocycles. The number of fused-ring (bicyclic) bond motifs is 1. The molecule has 0 amide bonds. The van der Waals surface area contributed by atoms with Crippen molar-refractivity contribution in [3.63, 3.8) is 0 Å². The summed E-state index contributed by atoms with van der Waals surface area (Å²) in [5.41, 5.74) is 1.35. The van der Waals surface area contributed by atoms with Crippen molar-refractivity contribution < 1.29 is 9.53 Å². The van der Waals surface area contributed by atoms with Gasteiger partial charge >= 0.3 is 0 Å². The first-order valence-electron chi connectivity index (χ1n) is 6.22. The molecule has 0 N–H and O–H groups in total. The average molecular weight is 264 g/mol. The number of para-hydroxylation sites is 1. The second-order valence-electron chi connectivity index (χ2n) is 4.37. The van der Waals surface area contributed by atoms with Crippen molar-refractivity contribution in [3.8, 4) is 11.6 Å². The van der Waals surface area contributed by atoms with Crippen LogP contribution in [0.3, 0.4) is 0 Å². The summed E-state index contributed by atoms with van der Waals surface area (Å²) in [5, 5.41) is 1.00. The van der Waals surface area contributed by atoms with E-state index in [2.05, 4.69) is 9.97 Å². The SMILES string of the molecule is CC(=O)c1ccc(Oc2cccc3cccnc23)nc1. The second-order valence-corrected chi connectivity index (χ2v) is 4.37. The van der Waals surface area contributed by atoms with E-state index in [-0.39, 0.29) is 5.78 Å². The number of ether oxygens (including phenoxy) is 1. The zero-order valence-electron chi connectivity index (χ0n) is 10.9. The average Bonchev–Trinajstić information content (AvgIpc) is 2.48. The Kier molecular flexibility index (Phi) is 3.13. The lowest BCUT2D eigenvalue weighted by atomic mass is 10.2. The lowest BCUT2D eigenvalue weighted by Crippen LogP contribution is -1.95. The summed E-state index contributed by atoms with van der Waals surface area (Å²) < 4.78 is 5.74. The molecule has 0 aliphatic heterocycles. The minimum atomic E-state index is -0.0177. The molecule has 0 saturated carbocycles. The van der Waals surface area contributed by atoms with Gasteiger partial charge in [0.25, 0.3) is 0 Å². The molecule has 0 aliphatic carbocycles. The van der Waals surface area contributed by atoms with Crippen molar-refractivity contribution in [3.05, 3.63) is 60.4 Å². The molecular weight excluding hydrogens is 252 g/mol. The molecule has 4 nitrogen and oxygen atoms in total. The Morgan fingerprint density at radius 3 is 2.65 bits per heavy atom. The normalized spacial score (nSPS) is 10.4. The van der Waals surface area contributed by atoms with E-state index in [1.807, 2.05) is 30.3 Å². The van der Waals surface area contributed by atoms with E-state index in [1.165, 1.54) is 13.1 Å². The lowest BCUT2D eigenvalue weighted by molar-refractivity contribution is 0.101. The Labute approximate surface area is 116 Å². The first kappa shape index (κ1) is 12.3. The molecule has 0 saturated heterocycles. The van der Waals surface area contributed by atoms with Gasteiger partial charge in [0.1, 0.15) is 5.52 Å². The topological polar surface area (TPSA) is 52.1 Å². The molecule has 3 rings (SSSR count). The van der Waals surface area contributed by atoms with Gasteiger partial charge in [-0.1, -0.05) is 18.2 Å². The van der Waals surface area contributed by atoms with E-state index in [0.29, 0.717) is 17.2 Å². The predicted octanol–water partition coefficient (Wildman–Crippen LogP) is 3.62. The van der Waals surface area contributed by atoms with E-state index in [9.17, 15) is 4.79 Å². The third-order valence-electron chi connectivity index (χ3n) is 2.95. The third-order valence-corrected chi connectivity index (χ3v) is 2.95. The van der Waals surface area contributed by atoms with Crippen molar-refractivity contribution in [1.29, 1.82) is 0 Å². The Morgan fingerprint density at radius 2 is 1.90 bits per heavy atom.